The van der Waals surface area contributed by atoms with E-state index in [9.17, 15) is 13.2 Å². The summed E-state index contributed by atoms with van der Waals surface area (Å²) in [5.74, 6) is 0.307. The molecule has 1 heterocycles. The largest absolute Gasteiger partial charge is 0.466 e. The number of hydrogen-bond donors (Lipinski definition) is 0. The van der Waals surface area contributed by atoms with Crippen LogP contribution in [0.25, 0.3) is 0 Å². The van der Waals surface area contributed by atoms with E-state index < -0.39 is 15.8 Å². The Bertz CT molecular complexity index is 342. The van der Waals surface area contributed by atoms with Crippen LogP contribution in [0.2, 0.25) is 0 Å². The zero-order chi connectivity index (χ0) is 11.5. The summed E-state index contributed by atoms with van der Waals surface area (Å²) in [6.07, 6.45) is 1.79. The topological polar surface area (TPSA) is 60.4 Å². The van der Waals surface area contributed by atoms with Crippen molar-refractivity contribution < 1.29 is 17.9 Å². The van der Waals surface area contributed by atoms with Gasteiger partial charge in [0.05, 0.1) is 18.6 Å². The minimum absolute atomic E-state index is 0.228. The van der Waals surface area contributed by atoms with Crippen molar-refractivity contribution in [1.82, 2.24) is 0 Å². The van der Waals surface area contributed by atoms with Gasteiger partial charge in [-0.05, 0) is 25.2 Å². The number of esters is 1. The lowest BCUT2D eigenvalue weighted by molar-refractivity contribution is -0.136. The summed E-state index contributed by atoms with van der Waals surface area (Å²) in [7, 11) is -1.50. The van der Waals surface area contributed by atoms with E-state index in [1.165, 1.54) is 7.11 Å². The number of sulfone groups is 1. The molecule has 0 bridgehead atoms. The zero-order valence-corrected chi connectivity index (χ0v) is 9.68. The molecular formula is C10H16O4S. The average Bonchev–Trinajstić information content (AvgIpc) is 2.20. The Labute approximate surface area is 90.2 Å². The number of carbonyl (C=O) groups is 1. The molecule has 0 radical (unpaired) electrons. The minimum Gasteiger partial charge on any atom is -0.466 e. The molecule has 1 rings (SSSR count). The molecule has 0 aromatic carbocycles. The van der Waals surface area contributed by atoms with Crippen LogP contribution in [0, 0.1) is 5.92 Å². The van der Waals surface area contributed by atoms with E-state index in [4.69, 9.17) is 0 Å². The summed E-state index contributed by atoms with van der Waals surface area (Å²) in [5, 5.41) is 0. The van der Waals surface area contributed by atoms with Crippen molar-refractivity contribution in [3.8, 4) is 0 Å². The van der Waals surface area contributed by atoms with Gasteiger partial charge in [0.2, 0.25) is 0 Å². The standard InChI is InChI=1S/C10H16O4S/c1-8(10(11)14-2)7-9-3-5-15(12,13)6-4-9/h9H,1,3-7H2,2H3. The zero-order valence-electron chi connectivity index (χ0n) is 8.86. The third kappa shape index (κ3) is 3.66. The summed E-state index contributed by atoms with van der Waals surface area (Å²) in [4.78, 5) is 11.1. The van der Waals surface area contributed by atoms with E-state index in [1.807, 2.05) is 0 Å². The first-order chi connectivity index (χ1) is 6.94. The molecule has 0 aromatic heterocycles. The predicted molar refractivity (Wildman–Crippen MR) is 57.2 cm³/mol. The highest BCUT2D eigenvalue weighted by atomic mass is 32.2. The molecule has 0 spiro atoms. The van der Waals surface area contributed by atoms with Gasteiger partial charge in [0, 0.05) is 5.57 Å². The smallest absolute Gasteiger partial charge is 0.333 e. The number of methoxy groups -OCH3 is 1. The molecule has 0 N–H and O–H groups in total. The highest BCUT2D eigenvalue weighted by molar-refractivity contribution is 7.91. The Hall–Kier alpha value is -0.840. The molecular weight excluding hydrogens is 216 g/mol. The van der Waals surface area contributed by atoms with Crippen LogP contribution in [0.4, 0.5) is 0 Å². The van der Waals surface area contributed by atoms with Crippen LogP contribution in [0.5, 0.6) is 0 Å². The molecule has 1 saturated heterocycles. The second-order valence-electron chi connectivity index (χ2n) is 3.89. The van der Waals surface area contributed by atoms with Crippen molar-refractivity contribution in [3.05, 3.63) is 12.2 Å². The summed E-state index contributed by atoms with van der Waals surface area (Å²) in [5.41, 5.74) is 0.432. The van der Waals surface area contributed by atoms with E-state index in [0.29, 0.717) is 24.8 Å². The molecule has 15 heavy (non-hydrogen) atoms. The van der Waals surface area contributed by atoms with Gasteiger partial charge in [-0.2, -0.15) is 0 Å². The van der Waals surface area contributed by atoms with Crippen LogP contribution in [-0.2, 0) is 19.4 Å². The third-order valence-electron chi connectivity index (χ3n) is 2.68. The van der Waals surface area contributed by atoms with E-state index >= 15 is 0 Å². The second kappa shape index (κ2) is 4.79. The Kier molecular flexibility index (Phi) is 3.90. The molecule has 5 heteroatoms. The number of ether oxygens (including phenoxy) is 1. The lowest BCUT2D eigenvalue weighted by Crippen LogP contribution is -2.24. The summed E-state index contributed by atoms with van der Waals surface area (Å²) < 4.78 is 26.9. The van der Waals surface area contributed by atoms with E-state index in [0.717, 1.165) is 0 Å². The summed E-state index contributed by atoms with van der Waals surface area (Å²) in [6, 6.07) is 0. The van der Waals surface area contributed by atoms with Crippen molar-refractivity contribution in [3.63, 3.8) is 0 Å². The maximum absolute atomic E-state index is 11.2. The molecule has 0 atom stereocenters. The van der Waals surface area contributed by atoms with Gasteiger partial charge in [0.25, 0.3) is 0 Å². The van der Waals surface area contributed by atoms with E-state index in [1.54, 1.807) is 0 Å². The monoisotopic (exact) mass is 232 g/mol. The average molecular weight is 232 g/mol. The Morgan fingerprint density at radius 3 is 2.40 bits per heavy atom. The minimum atomic E-state index is -2.82. The van der Waals surface area contributed by atoms with Crippen LogP contribution in [0.3, 0.4) is 0 Å². The van der Waals surface area contributed by atoms with Gasteiger partial charge in [-0.15, -0.1) is 0 Å². The molecule has 0 amide bonds. The fraction of sp³-hybridized carbons (Fsp3) is 0.700. The maximum Gasteiger partial charge on any atom is 0.333 e. The Morgan fingerprint density at radius 1 is 1.40 bits per heavy atom. The van der Waals surface area contributed by atoms with Crippen molar-refractivity contribution >= 4 is 15.8 Å². The van der Waals surface area contributed by atoms with Crippen LogP contribution in [-0.4, -0.2) is 33.0 Å². The van der Waals surface area contributed by atoms with Crippen LogP contribution < -0.4 is 0 Å². The van der Waals surface area contributed by atoms with Crippen molar-refractivity contribution in [2.45, 2.75) is 19.3 Å². The van der Waals surface area contributed by atoms with Gasteiger partial charge < -0.3 is 4.74 Å². The fourth-order valence-corrected chi connectivity index (χ4v) is 3.31. The van der Waals surface area contributed by atoms with Crippen molar-refractivity contribution in [2.75, 3.05) is 18.6 Å². The lowest BCUT2D eigenvalue weighted by Gasteiger charge is -2.21. The molecule has 0 unspecified atom stereocenters. The first-order valence-electron chi connectivity index (χ1n) is 4.91. The highest BCUT2D eigenvalue weighted by Crippen LogP contribution is 2.24. The van der Waals surface area contributed by atoms with Gasteiger partial charge >= 0.3 is 5.97 Å². The molecule has 0 saturated carbocycles. The van der Waals surface area contributed by atoms with Crippen molar-refractivity contribution in [1.29, 1.82) is 0 Å². The SMILES string of the molecule is C=C(CC1CCS(=O)(=O)CC1)C(=O)OC. The summed E-state index contributed by atoms with van der Waals surface area (Å²) >= 11 is 0. The third-order valence-corrected chi connectivity index (χ3v) is 4.40. The first kappa shape index (κ1) is 12.2. The molecule has 0 aromatic rings. The predicted octanol–water partition coefficient (Wildman–Crippen LogP) is 0.931. The molecule has 4 nitrogen and oxygen atoms in total. The van der Waals surface area contributed by atoms with Crippen LogP contribution in [0.15, 0.2) is 12.2 Å². The van der Waals surface area contributed by atoms with Crippen LogP contribution >= 0.6 is 0 Å². The number of carbonyl (C=O) groups excluding carboxylic acids is 1. The van der Waals surface area contributed by atoms with Gasteiger partial charge in [-0.3, -0.25) is 0 Å². The Balaban J connectivity index is 2.43. The summed E-state index contributed by atoms with van der Waals surface area (Å²) in [6.45, 7) is 3.63. The maximum atomic E-state index is 11.2. The highest BCUT2D eigenvalue weighted by Gasteiger charge is 2.25. The van der Waals surface area contributed by atoms with E-state index in [2.05, 4.69) is 11.3 Å². The van der Waals surface area contributed by atoms with Gasteiger partial charge in [-0.25, -0.2) is 13.2 Å². The fourth-order valence-electron chi connectivity index (χ4n) is 1.72. The van der Waals surface area contributed by atoms with Gasteiger partial charge in [0.15, 0.2) is 0 Å². The molecule has 1 fully saturated rings. The van der Waals surface area contributed by atoms with E-state index in [-0.39, 0.29) is 17.4 Å². The quantitative estimate of drug-likeness (QED) is 0.536. The molecule has 86 valence electrons. The van der Waals surface area contributed by atoms with Crippen LogP contribution in [0.1, 0.15) is 19.3 Å². The normalized spacial score (nSPS) is 20.9. The van der Waals surface area contributed by atoms with Crippen molar-refractivity contribution in [2.24, 2.45) is 5.92 Å². The Morgan fingerprint density at radius 2 is 1.93 bits per heavy atom. The molecule has 0 aliphatic carbocycles. The second-order valence-corrected chi connectivity index (χ2v) is 6.20. The van der Waals surface area contributed by atoms with Gasteiger partial charge in [-0.1, -0.05) is 6.58 Å². The lowest BCUT2D eigenvalue weighted by atomic mass is 9.95. The number of rotatable bonds is 3. The number of hydrogen-bond acceptors (Lipinski definition) is 4. The molecule has 1 aliphatic rings. The first-order valence-corrected chi connectivity index (χ1v) is 6.73. The molecule has 1 aliphatic heterocycles. The van der Waals surface area contributed by atoms with Gasteiger partial charge in [0.1, 0.15) is 9.84 Å².